The number of hydrogen-bond donors (Lipinski definition) is 0. The molecule has 1 heterocycles. The van der Waals surface area contributed by atoms with E-state index >= 15 is 0 Å². The van der Waals surface area contributed by atoms with Gasteiger partial charge in [0.15, 0.2) is 14.3 Å². The van der Waals surface area contributed by atoms with Gasteiger partial charge >= 0.3 is 0 Å². The van der Waals surface area contributed by atoms with Crippen LogP contribution in [-0.4, -0.2) is 0 Å². The van der Waals surface area contributed by atoms with E-state index in [-0.39, 0.29) is 0 Å². The van der Waals surface area contributed by atoms with Crippen molar-refractivity contribution in [3.63, 3.8) is 0 Å². The largest absolute Gasteiger partial charge is 0.309 e. The third-order valence-electron chi connectivity index (χ3n) is 7.62. The second kappa shape index (κ2) is 11.7. The van der Waals surface area contributed by atoms with E-state index in [1.54, 1.807) is 11.3 Å². The van der Waals surface area contributed by atoms with Crippen LogP contribution >= 0.6 is 25.6 Å². The van der Waals surface area contributed by atoms with Gasteiger partial charge in [-0.1, -0.05) is 146 Å². The monoisotopic (exact) mass is 600 g/mol. The van der Waals surface area contributed by atoms with E-state index < -0.39 is 14.3 Å². The molecule has 206 valence electrons. The van der Waals surface area contributed by atoms with Crippen LogP contribution in [0, 0.1) is 0 Å². The predicted molar refractivity (Wildman–Crippen MR) is 185 cm³/mol. The molecule has 6 aromatic rings. The zero-order valence-corrected chi connectivity index (χ0v) is 25.9. The number of hydrogen-bond acceptors (Lipinski definition) is 3. The van der Waals surface area contributed by atoms with Crippen molar-refractivity contribution in [2.24, 2.45) is 0 Å². The quantitative estimate of drug-likeness (QED) is 0.164. The molecule has 0 radical (unpaired) electrons. The molecule has 42 heavy (non-hydrogen) atoms. The SMILES string of the molecule is C=Cc1c(/C=C(\C)P(=O)(c2ccccc2)c2ccccc2)sc2cc(P(=O)(c3ccccc3)c3ccccc3)ccc12. The van der Waals surface area contributed by atoms with Gasteiger partial charge in [-0.05, 0) is 29.9 Å². The molecule has 0 N–H and O–H groups in total. The highest BCUT2D eigenvalue weighted by Crippen LogP contribution is 2.53. The summed E-state index contributed by atoms with van der Waals surface area (Å²) in [5.41, 5.74) is 0.989. The number of fused-ring (bicyclic) bond motifs is 1. The van der Waals surface area contributed by atoms with E-state index in [1.807, 2.05) is 140 Å². The minimum absolute atomic E-state index is 0.788. The highest BCUT2D eigenvalue weighted by Gasteiger charge is 2.31. The van der Waals surface area contributed by atoms with Crippen LogP contribution in [0.3, 0.4) is 0 Å². The van der Waals surface area contributed by atoms with Gasteiger partial charge in [0, 0.05) is 41.5 Å². The Kier molecular flexibility index (Phi) is 7.84. The van der Waals surface area contributed by atoms with Crippen molar-refractivity contribution in [3.05, 3.63) is 162 Å². The van der Waals surface area contributed by atoms with Crippen LogP contribution in [0.15, 0.2) is 151 Å². The Balaban J connectivity index is 1.52. The third-order valence-corrected chi connectivity index (χ3v) is 15.0. The van der Waals surface area contributed by atoms with Crippen LogP contribution in [0.5, 0.6) is 0 Å². The molecule has 0 saturated heterocycles. The first kappa shape index (κ1) is 28.1. The lowest BCUT2D eigenvalue weighted by molar-refractivity contribution is 0.590. The Morgan fingerprint density at radius 2 is 1.07 bits per heavy atom. The van der Waals surface area contributed by atoms with Crippen molar-refractivity contribution in [1.29, 1.82) is 0 Å². The van der Waals surface area contributed by atoms with Crippen LogP contribution in [0.1, 0.15) is 17.4 Å². The second-order valence-electron chi connectivity index (χ2n) is 10.1. The molecule has 0 aliphatic rings. The molecule has 1 aromatic heterocycles. The minimum Gasteiger partial charge on any atom is -0.309 e. The summed E-state index contributed by atoms with van der Waals surface area (Å²) < 4.78 is 30.9. The summed E-state index contributed by atoms with van der Waals surface area (Å²) >= 11 is 1.61. The molecular weight excluding hydrogens is 570 g/mol. The molecule has 0 unspecified atom stereocenters. The van der Waals surface area contributed by atoms with Gasteiger partial charge in [-0.2, -0.15) is 0 Å². The van der Waals surface area contributed by atoms with E-state index in [0.29, 0.717) is 0 Å². The summed E-state index contributed by atoms with van der Waals surface area (Å²) in [5.74, 6) is 0. The maximum Gasteiger partial charge on any atom is 0.171 e. The number of allylic oxidation sites excluding steroid dienone is 1. The molecule has 0 fully saturated rings. The highest BCUT2D eigenvalue weighted by atomic mass is 32.1. The Labute approximate surface area is 251 Å². The van der Waals surface area contributed by atoms with Gasteiger partial charge in [-0.3, -0.25) is 0 Å². The molecule has 5 aromatic carbocycles. The first-order valence-electron chi connectivity index (χ1n) is 13.8. The van der Waals surface area contributed by atoms with Crippen molar-refractivity contribution >= 4 is 74.4 Å². The van der Waals surface area contributed by atoms with E-state index in [0.717, 1.165) is 52.4 Å². The first-order valence-corrected chi connectivity index (χ1v) is 18.0. The van der Waals surface area contributed by atoms with Gasteiger partial charge in [0.1, 0.15) is 0 Å². The predicted octanol–water partition coefficient (Wildman–Crippen LogP) is 8.56. The molecule has 0 aliphatic heterocycles. The Bertz CT molecular complexity index is 1910. The summed E-state index contributed by atoms with van der Waals surface area (Å²) in [7, 11) is -6.19. The van der Waals surface area contributed by atoms with E-state index in [4.69, 9.17) is 0 Å². The fourth-order valence-electron chi connectivity index (χ4n) is 5.47. The fourth-order valence-corrected chi connectivity index (χ4v) is 12.2. The molecule has 6 rings (SSSR count). The molecule has 0 aliphatic carbocycles. The topological polar surface area (TPSA) is 34.1 Å². The smallest absolute Gasteiger partial charge is 0.171 e. The van der Waals surface area contributed by atoms with Crippen LogP contribution in [0.4, 0.5) is 0 Å². The molecular formula is C37H30O2P2S. The number of rotatable bonds is 8. The maximum atomic E-state index is 15.0. The number of thiophene rings is 1. The molecule has 2 nitrogen and oxygen atoms in total. The van der Waals surface area contributed by atoms with Crippen LogP contribution in [0.2, 0.25) is 0 Å². The normalized spacial score (nSPS) is 12.4. The molecule has 0 spiro atoms. The summed E-state index contributed by atoms with van der Waals surface area (Å²) in [5, 5.41) is 5.85. The van der Waals surface area contributed by atoms with Gasteiger partial charge in [-0.15, -0.1) is 11.3 Å². The maximum absolute atomic E-state index is 15.0. The summed E-state index contributed by atoms with van der Waals surface area (Å²) in [6.07, 6.45) is 3.91. The molecule has 0 atom stereocenters. The van der Waals surface area contributed by atoms with Crippen molar-refractivity contribution in [3.8, 4) is 0 Å². The van der Waals surface area contributed by atoms with Crippen LogP contribution in [-0.2, 0) is 9.13 Å². The van der Waals surface area contributed by atoms with E-state index in [1.165, 1.54) is 0 Å². The summed E-state index contributed by atoms with van der Waals surface area (Å²) in [4.78, 5) is 0.982. The van der Waals surface area contributed by atoms with Gasteiger partial charge in [0.05, 0.1) is 0 Å². The fraction of sp³-hybridized carbons (Fsp3) is 0.0270. The Morgan fingerprint density at radius 1 is 0.619 bits per heavy atom. The first-order chi connectivity index (χ1) is 20.5. The average Bonchev–Trinajstić information content (AvgIpc) is 3.41. The second-order valence-corrected chi connectivity index (χ2v) is 16.9. The zero-order valence-electron chi connectivity index (χ0n) is 23.3. The number of benzene rings is 5. The van der Waals surface area contributed by atoms with Crippen molar-refractivity contribution in [2.75, 3.05) is 0 Å². The lowest BCUT2D eigenvalue weighted by atomic mass is 10.1. The van der Waals surface area contributed by atoms with Crippen molar-refractivity contribution < 1.29 is 9.13 Å². The molecule has 0 bridgehead atoms. The van der Waals surface area contributed by atoms with E-state index in [2.05, 4.69) is 24.8 Å². The molecule has 0 saturated carbocycles. The lowest BCUT2D eigenvalue weighted by Gasteiger charge is -2.20. The lowest BCUT2D eigenvalue weighted by Crippen LogP contribution is -2.24. The highest BCUT2D eigenvalue weighted by molar-refractivity contribution is 7.85. The average molecular weight is 601 g/mol. The van der Waals surface area contributed by atoms with Gasteiger partial charge in [0.2, 0.25) is 0 Å². The summed E-state index contributed by atoms with van der Waals surface area (Å²) in [6.45, 7) is 6.08. The summed E-state index contributed by atoms with van der Waals surface area (Å²) in [6, 6.07) is 45.0. The molecule has 5 heteroatoms. The minimum atomic E-state index is -3.11. The van der Waals surface area contributed by atoms with E-state index in [9.17, 15) is 9.13 Å². The standard InChI is InChI=1S/C37H30O2P2S/c1-3-34-35-25-24-33(41(39,31-20-12-6-13-21-31)32-22-14-7-15-23-32)27-37(35)42-36(34)26-28(2)40(38,29-16-8-4-9-17-29)30-18-10-5-11-19-30/h3-27H,1H2,2H3/b28-26+. The van der Waals surface area contributed by atoms with Crippen LogP contribution < -0.4 is 26.5 Å². The third kappa shape index (κ3) is 4.89. The van der Waals surface area contributed by atoms with Gasteiger partial charge in [0.25, 0.3) is 0 Å². The molecule has 0 amide bonds. The zero-order chi connectivity index (χ0) is 29.2. The van der Waals surface area contributed by atoms with Crippen molar-refractivity contribution in [1.82, 2.24) is 0 Å². The Morgan fingerprint density at radius 3 is 1.52 bits per heavy atom. The van der Waals surface area contributed by atoms with Crippen LogP contribution in [0.25, 0.3) is 22.2 Å². The Hall–Kier alpha value is -4.00. The van der Waals surface area contributed by atoms with Crippen molar-refractivity contribution in [2.45, 2.75) is 6.92 Å². The van der Waals surface area contributed by atoms with Gasteiger partial charge in [-0.25, -0.2) is 0 Å². The van der Waals surface area contributed by atoms with Gasteiger partial charge < -0.3 is 9.13 Å².